The third-order valence-corrected chi connectivity index (χ3v) is 10.5. The predicted molar refractivity (Wildman–Crippen MR) is 147 cm³/mol. The molecule has 36 heavy (non-hydrogen) atoms. The minimum atomic E-state index is -4.13. The molecule has 0 spiro atoms. The Kier molecular flexibility index (Phi) is 10.6. The maximum Gasteiger partial charge on any atom is 0.329 e. The molecule has 0 aliphatic rings. The quantitative estimate of drug-likeness (QED) is 0.0747. The van der Waals surface area contributed by atoms with E-state index >= 15 is 0 Å². The van der Waals surface area contributed by atoms with Crippen molar-refractivity contribution in [2.45, 2.75) is 57.8 Å². The first-order chi connectivity index (χ1) is 16.8. The van der Waals surface area contributed by atoms with Gasteiger partial charge < -0.3 is 19.3 Å². The summed E-state index contributed by atoms with van der Waals surface area (Å²) in [6, 6.07) is 14.0. The maximum atomic E-state index is 11.2. The first kappa shape index (κ1) is 29.8. The molecule has 0 aromatic heterocycles. The van der Waals surface area contributed by atoms with Crippen LogP contribution in [0.1, 0.15) is 51.7 Å². The summed E-state index contributed by atoms with van der Waals surface area (Å²) in [7, 11) is -2.31. The van der Waals surface area contributed by atoms with Crippen molar-refractivity contribution in [2.24, 2.45) is 10.2 Å². The fraction of sp³-hybridized carbons (Fsp3) is 0.435. The van der Waals surface area contributed by atoms with Crippen LogP contribution >= 0.6 is 14.4 Å². The van der Waals surface area contributed by atoms with Crippen molar-refractivity contribution < 1.29 is 23.8 Å². The average molecular weight is 554 g/mol. The Bertz CT molecular complexity index is 1170. The molecule has 3 atom stereocenters. The van der Waals surface area contributed by atoms with E-state index in [2.05, 4.69) is 15.1 Å². The summed E-state index contributed by atoms with van der Waals surface area (Å²) >= 11 is 5.85. The summed E-state index contributed by atoms with van der Waals surface area (Å²) in [5.74, 6) is 1.16. The van der Waals surface area contributed by atoms with Crippen LogP contribution in [0.15, 0.2) is 58.7 Å². The van der Waals surface area contributed by atoms with Crippen molar-refractivity contribution in [3.05, 3.63) is 70.1 Å². The lowest BCUT2D eigenvalue weighted by molar-refractivity contribution is 0.0921. The zero-order valence-corrected chi connectivity index (χ0v) is 23.7. The van der Waals surface area contributed by atoms with Gasteiger partial charge in [-0.25, -0.2) is 0 Å². The van der Waals surface area contributed by atoms with Crippen molar-refractivity contribution in [3.8, 4) is 11.5 Å². The van der Waals surface area contributed by atoms with Gasteiger partial charge in [0.15, 0.2) is 5.72 Å². The average Bonchev–Trinajstić information content (AvgIpc) is 2.83. The van der Waals surface area contributed by atoms with E-state index in [1.807, 2.05) is 40.0 Å². The van der Waals surface area contributed by atoms with Gasteiger partial charge in [0, 0.05) is 12.0 Å². The smallest absolute Gasteiger partial charge is 0.329 e. The fourth-order valence-electron chi connectivity index (χ4n) is 3.11. The van der Waals surface area contributed by atoms with Gasteiger partial charge in [0.2, 0.25) is 0 Å². The third-order valence-electron chi connectivity index (χ3n) is 5.59. The van der Waals surface area contributed by atoms with Crippen LogP contribution in [0, 0.1) is 0 Å². The van der Waals surface area contributed by atoms with Gasteiger partial charge in [0.25, 0.3) is 0 Å². The normalized spacial score (nSPS) is 15.9. The van der Waals surface area contributed by atoms with Gasteiger partial charge in [0.1, 0.15) is 16.8 Å². The monoisotopic (exact) mass is 553 g/mol. The summed E-state index contributed by atoms with van der Waals surface area (Å²) in [6.07, 6.45) is 2.58. The van der Waals surface area contributed by atoms with Gasteiger partial charge in [-0.05, 0) is 84.9 Å². The van der Waals surface area contributed by atoms with Gasteiger partial charge in [-0.2, -0.15) is 5.10 Å². The Labute approximate surface area is 217 Å². The summed E-state index contributed by atoms with van der Waals surface area (Å²) in [4.78, 5) is 21.2. The largest absolute Gasteiger partial charge is 0.481 e. The Morgan fingerprint density at radius 2 is 1.64 bits per heavy atom. The zero-order chi connectivity index (χ0) is 27.0. The molecule has 2 aromatic carbocycles. The van der Waals surface area contributed by atoms with Gasteiger partial charge >= 0.3 is 7.60 Å². The fourth-order valence-corrected chi connectivity index (χ4v) is 5.85. The number of azide groups is 1. The van der Waals surface area contributed by atoms with Crippen molar-refractivity contribution in [1.82, 2.24) is 4.78 Å². The number of hydrogen-bond donors (Lipinski definition) is 2. The second-order valence-electron chi connectivity index (χ2n) is 8.62. The van der Waals surface area contributed by atoms with E-state index in [1.54, 1.807) is 54.3 Å². The molecular formula is C23H33N5O5P2S. The molecule has 0 aliphatic carbocycles. The van der Waals surface area contributed by atoms with Crippen molar-refractivity contribution >= 4 is 32.5 Å². The standard InChI is InChI=1S/C23H33N5O5P2S/c1-6-22(3,26-27-24)32-20-12-8-18(9-13-20)16-25-28(5)34(36)23(4,7-2)33-21-14-10-19(11-15-21)17-35(29,30)31/h8-16,34H,6-7,17H2,1-5H3,(H2,29,30,31)/b25-16+/t22-,23?/m1/s1. The zero-order valence-electron chi connectivity index (χ0n) is 21.0. The van der Waals surface area contributed by atoms with Crippen molar-refractivity contribution in [3.63, 3.8) is 0 Å². The minimum absolute atomic E-state index is 0.315. The maximum absolute atomic E-state index is 11.2. The highest BCUT2D eigenvalue weighted by molar-refractivity contribution is 8.04. The molecule has 10 nitrogen and oxygen atoms in total. The van der Waals surface area contributed by atoms with Gasteiger partial charge in [-0.3, -0.25) is 9.34 Å². The van der Waals surface area contributed by atoms with E-state index in [-0.39, 0.29) is 6.16 Å². The summed E-state index contributed by atoms with van der Waals surface area (Å²) in [6.45, 7) is 5.86. The Hall–Kier alpha value is -2.38. The Balaban J connectivity index is 2.07. The molecule has 0 fully saturated rings. The summed E-state index contributed by atoms with van der Waals surface area (Å²) in [5, 5.41) is 7.60. The van der Waals surface area contributed by atoms with Crippen molar-refractivity contribution in [1.29, 1.82) is 0 Å². The molecule has 0 saturated carbocycles. The molecule has 13 heteroatoms. The van der Waals surface area contributed by atoms with E-state index in [4.69, 9.17) is 36.6 Å². The van der Waals surface area contributed by atoms with E-state index in [1.165, 1.54) is 0 Å². The highest BCUT2D eigenvalue weighted by Crippen LogP contribution is 2.46. The van der Waals surface area contributed by atoms with Crippen molar-refractivity contribution in [2.75, 3.05) is 7.05 Å². The van der Waals surface area contributed by atoms with Crippen LogP contribution in [-0.2, 0) is 22.5 Å². The third kappa shape index (κ3) is 8.93. The first-order valence-electron chi connectivity index (χ1n) is 11.3. The van der Waals surface area contributed by atoms with Gasteiger partial charge in [-0.15, -0.1) is 0 Å². The lowest BCUT2D eigenvalue weighted by atomic mass is 10.2. The van der Waals surface area contributed by atoms with Crippen LogP contribution in [-0.4, -0.2) is 38.9 Å². The second-order valence-corrected chi connectivity index (χ2v) is 13.7. The number of rotatable bonds is 13. The summed E-state index contributed by atoms with van der Waals surface area (Å²) in [5.41, 5.74) is 9.18. The molecule has 2 rings (SSSR count). The topological polar surface area (TPSA) is 140 Å². The molecule has 2 N–H and O–H groups in total. The minimum Gasteiger partial charge on any atom is -0.481 e. The number of ether oxygens (including phenoxy) is 2. The molecule has 196 valence electrons. The highest BCUT2D eigenvalue weighted by atomic mass is 32.4. The molecule has 2 unspecified atom stereocenters. The van der Waals surface area contributed by atoms with Crippen LogP contribution in [0.4, 0.5) is 0 Å². The van der Waals surface area contributed by atoms with Gasteiger partial charge in [-0.1, -0.05) is 37.8 Å². The number of nitrogens with zero attached hydrogens (tertiary/aromatic N) is 5. The van der Waals surface area contributed by atoms with Crippen LogP contribution in [0.25, 0.3) is 10.4 Å². The number of hydrazone groups is 1. The lowest BCUT2D eigenvalue weighted by Crippen LogP contribution is -2.30. The molecule has 0 radical (unpaired) electrons. The van der Waals surface area contributed by atoms with E-state index in [0.717, 1.165) is 5.56 Å². The van der Waals surface area contributed by atoms with E-state index < -0.39 is 25.5 Å². The molecule has 2 aromatic rings. The molecule has 0 heterocycles. The molecule has 0 saturated heterocycles. The van der Waals surface area contributed by atoms with Crippen LogP contribution < -0.4 is 9.47 Å². The Morgan fingerprint density at radius 3 is 2.14 bits per heavy atom. The van der Waals surface area contributed by atoms with Crippen LogP contribution in [0.3, 0.4) is 0 Å². The lowest BCUT2D eigenvalue weighted by Gasteiger charge is -2.34. The molecule has 0 aliphatic heterocycles. The first-order valence-corrected chi connectivity index (χ1v) is 15.7. The number of hydrogen-bond acceptors (Lipinski definition) is 6. The van der Waals surface area contributed by atoms with Crippen LogP contribution in [0.2, 0.25) is 0 Å². The van der Waals surface area contributed by atoms with Gasteiger partial charge in [0.05, 0.1) is 19.2 Å². The number of benzene rings is 2. The predicted octanol–water partition coefficient (Wildman–Crippen LogP) is 6.24. The second kappa shape index (κ2) is 12.7. The Morgan fingerprint density at radius 1 is 1.08 bits per heavy atom. The van der Waals surface area contributed by atoms with E-state index in [9.17, 15) is 4.57 Å². The summed E-state index contributed by atoms with van der Waals surface area (Å²) < 4.78 is 25.0. The SMILES string of the molecule is CCC(C)(Oc1ccc(CP(=O)(O)O)cc1)[PH](=S)N(C)/N=C/c1ccc(O[C@](C)(CC)N=[N+]=[N-])cc1. The highest BCUT2D eigenvalue weighted by Gasteiger charge is 2.31. The van der Waals surface area contributed by atoms with E-state index in [0.29, 0.717) is 29.9 Å². The van der Waals surface area contributed by atoms with Crippen LogP contribution in [0.5, 0.6) is 11.5 Å². The molecular weight excluding hydrogens is 520 g/mol. The molecule has 0 bridgehead atoms. The molecule has 0 amide bonds.